The summed E-state index contributed by atoms with van der Waals surface area (Å²) >= 11 is 1.81. The van der Waals surface area contributed by atoms with E-state index in [4.69, 9.17) is 5.73 Å². The molecule has 1 aliphatic heterocycles. The van der Waals surface area contributed by atoms with Crippen molar-refractivity contribution >= 4 is 17.7 Å². The largest absolute Gasteiger partial charge is 0.366 e. The highest BCUT2D eigenvalue weighted by molar-refractivity contribution is 7.99. The summed E-state index contributed by atoms with van der Waals surface area (Å²) in [4.78, 5) is 16.0. The molecule has 0 bridgehead atoms. The van der Waals surface area contributed by atoms with Crippen molar-refractivity contribution in [3.63, 3.8) is 0 Å². The Hall–Kier alpha value is -2.53. The van der Waals surface area contributed by atoms with Gasteiger partial charge in [-0.3, -0.25) is 9.78 Å². The molecule has 0 saturated heterocycles. The lowest BCUT2D eigenvalue weighted by molar-refractivity contribution is 0.0999. The van der Waals surface area contributed by atoms with E-state index >= 15 is 0 Å². The number of primary amides is 1. The van der Waals surface area contributed by atoms with E-state index < -0.39 is 0 Å². The van der Waals surface area contributed by atoms with Crippen LogP contribution in [-0.2, 0) is 5.75 Å². The topological polar surface area (TPSA) is 60.9 Å². The molecule has 1 atom stereocenters. The molecule has 23 heavy (non-hydrogen) atoms. The van der Waals surface area contributed by atoms with E-state index in [1.54, 1.807) is 18.0 Å². The van der Waals surface area contributed by atoms with Gasteiger partial charge in [-0.1, -0.05) is 30.3 Å². The molecule has 1 aliphatic rings. The summed E-state index contributed by atoms with van der Waals surface area (Å²) in [6, 6.07) is 16.1. The molecule has 2 N–H and O–H groups in total. The van der Waals surface area contributed by atoms with Gasteiger partial charge in [0.25, 0.3) is 5.91 Å². The second-order valence-electron chi connectivity index (χ2n) is 5.44. The minimum absolute atomic E-state index is 0.148. The zero-order valence-corrected chi connectivity index (χ0v) is 13.2. The standard InChI is InChI=1S/C18H15N3OS/c19-17(22)14-9-15(13-7-4-8-20-10-13)21-16(14)11-23-18(21)12-5-2-1-3-6-12/h1-10,18H,11H2,(H2,19,22). The second kappa shape index (κ2) is 5.59. The predicted molar refractivity (Wildman–Crippen MR) is 92.1 cm³/mol. The Balaban J connectivity index is 1.92. The third-order valence-electron chi connectivity index (χ3n) is 4.06. The zero-order chi connectivity index (χ0) is 15.8. The van der Waals surface area contributed by atoms with Crippen molar-refractivity contribution in [1.82, 2.24) is 9.55 Å². The first-order valence-electron chi connectivity index (χ1n) is 7.36. The second-order valence-corrected chi connectivity index (χ2v) is 6.51. The minimum Gasteiger partial charge on any atom is -0.366 e. The fourth-order valence-electron chi connectivity index (χ4n) is 3.03. The van der Waals surface area contributed by atoms with Crippen molar-refractivity contribution in [2.24, 2.45) is 5.73 Å². The molecule has 5 heteroatoms. The summed E-state index contributed by atoms with van der Waals surface area (Å²) in [5.74, 6) is 0.399. The highest BCUT2D eigenvalue weighted by atomic mass is 32.2. The van der Waals surface area contributed by atoms with Gasteiger partial charge < -0.3 is 10.3 Å². The number of nitrogens with zero attached hydrogens (tertiary/aromatic N) is 2. The number of rotatable bonds is 3. The van der Waals surface area contributed by atoms with Gasteiger partial charge in [0, 0.05) is 29.4 Å². The summed E-state index contributed by atoms with van der Waals surface area (Å²) in [5, 5.41) is 0.148. The molecule has 4 nitrogen and oxygen atoms in total. The molecule has 0 spiro atoms. The smallest absolute Gasteiger partial charge is 0.250 e. The van der Waals surface area contributed by atoms with E-state index in [1.165, 1.54) is 5.56 Å². The molecule has 1 aromatic carbocycles. The molecule has 4 rings (SSSR count). The number of aromatic nitrogens is 2. The highest BCUT2D eigenvalue weighted by Crippen LogP contribution is 2.45. The van der Waals surface area contributed by atoms with Crippen molar-refractivity contribution in [2.75, 3.05) is 0 Å². The van der Waals surface area contributed by atoms with Crippen molar-refractivity contribution in [3.05, 3.63) is 77.7 Å². The van der Waals surface area contributed by atoms with Crippen LogP contribution in [0.3, 0.4) is 0 Å². The maximum atomic E-state index is 11.8. The maximum Gasteiger partial charge on any atom is 0.250 e. The summed E-state index contributed by atoms with van der Waals surface area (Å²) < 4.78 is 2.22. The number of carbonyl (C=O) groups is 1. The van der Waals surface area contributed by atoms with Crippen molar-refractivity contribution in [1.29, 1.82) is 0 Å². The fourth-order valence-corrected chi connectivity index (χ4v) is 4.38. The normalized spacial score (nSPS) is 16.3. The van der Waals surface area contributed by atoms with Crippen LogP contribution in [-0.4, -0.2) is 15.5 Å². The van der Waals surface area contributed by atoms with Gasteiger partial charge in [-0.25, -0.2) is 0 Å². The van der Waals surface area contributed by atoms with Crippen LogP contribution in [0.1, 0.15) is 27.0 Å². The molecular formula is C18H15N3OS. The van der Waals surface area contributed by atoms with Gasteiger partial charge in [-0.2, -0.15) is 0 Å². The Kier molecular flexibility index (Phi) is 3.42. The van der Waals surface area contributed by atoms with E-state index in [-0.39, 0.29) is 11.3 Å². The summed E-state index contributed by atoms with van der Waals surface area (Å²) in [6.45, 7) is 0. The lowest BCUT2D eigenvalue weighted by Gasteiger charge is -2.16. The van der Waals surface area contributed by atoms with Gasteiger partial charge in [-0.15, -0.1) is 11.8 Å². The summed E-state index contributed by atoms with van der Waals surface area (Å²) in [5.41, 5.74) is 10.4. The fraction of sp³-hybridized carbons (Fsp3) is 0.111. The van der Waals surface area contributed by atoms with Crippen LogP contribution in [0.4, 0.5) is 0 Å². The molecule has 0 saturated carbocycles. The number of fused-ring (bicyclic) bond motifs is 1. The minimum atomic E-state index is -0.377. The summed E-state index contributed by atoms with van der Waals surface area (Å²) in [7, 11) is 0. The van der Waals surface area contributed by atoms with E-state index in [2.05, 4.69) is 21.7 Å². The number of carbonyl (C=O) groups excluding carboxylic acids is 1. The highest BCUT2D eigenvalue weighted by Gasteiger charge is 2.31. The van der Waals surface area contributed by atoms with Crippen LogP contribution in [0.2, 0.25) is 0 Å². The molecule has 1 unspecified atom stereocenters. The van der Waals surface area contributed by atoms with Crippen LogP contribution in [0.25, 0.3) is 11.3 Å². The van der Waals surface area contributed by atoms with Crippen LogP contribution >= 0.6 is 11.8 Å². The average molecular weight is 321 g/mol. The Morgan fingerprint density at radius 2 is 2.04 bits per heavy atom. The number of benzene rings is 1. The van der Waals surface area contributed by atoms with E-state index in [1.807, 2.05) is 42.6 Å². The zero-order valence-electron chi connectivity index (χ0n) is 12.3. The number of amides is 1. The molecule has 0 aliphatic carbocycles. The maximum absolute atomic E-state index is 11.8. The van der Waals surface area contributed by atoms with Gasteiger partial charge in [0.15, 0.2) is 0 Å². The van der Waals surface area contributed by atoms with Crippen LogP contribution in [0, 0.1) is 0 Å². The summed E-state index contributed by atoms with van der Waals surface area (Å²) in [6.07, 6.45) is 3.56. The monoisotopic (exact) mass is 321 g/mol. The van der Waals surface area contributed by atoms with E-state index in [9.17, 15) is 4.79 Å². The first-order chi connectivity index (χ1) is 11.3. The molecular weight excluding hydrogens is 306 g/mol. The van der Waals surface area contributed by atoms with Crippen molar-refractivity contribution in [3.8, 4) is 11.3 Å². The lowest BCUT2D eigenvalue weighted by Crippen LogP contribution is -2.12. The van der Waals surface area contributed by atoms with Gasteiger partial charge in [0.05, 0.1) is 11.3 Å². The van der Waals surface area contributed by atoms with Gasteiger partial charge in [0.2, 0.25) is 0 Å². The van der Waals surface area contributed by atoms with Crippen LogP contribution in [0.15, 0.2) is 60.9 Å². The Morgan fingerprint density at radius 1 is 1.22 bits per heavy atom. The van der Waals surface area contributed by atoms with Crippen molar-refractivity contribution in [2.45, 2.75) is 11.1 Å². The third-order valence-corrected chi connectivity index (χ3v) is 5.30. The molecule has 3 heterocycles. The number of pyridine rings is 1. The number of hydrogen-bond acceptors (Lipinski definition) is 3. The first kappa shape index (κ1) is 14.1. The van der Waals surface area contributed by atoms with Crippen molar-refractivity contribution < 1.29 is 4.79 Å². The van der Waals surface area contributed by atoms with Gasteiger partial charge >= 0.3 is 0 Å². The van der Waals surface area contributed by atoms with Crippen LogP contribution in [0.5, 0.6) is 0 Å². The SMILES string of the molecule is NC(=O)c1cc(-c2cccnc2)n2c1CSC2c1ccccc1. The molecule has 1 amide bonds. The number of hydrogen-bond donors (Lipinski definition) is 1. The lowest BCUT2D eigenvalue weighted by atomic mass is 10.1. The Labute approximate surface area is 138 Å². The first-order valence-corrected chi connectivity index (χ1v) is 8.41. The molecule has 114 valence electrons. The number of nitrogens with two attached hydrogens (primary N) is 1. The van der Waals surface area contributed by atoms with Crippen LogP contribution < -0.4 is 5.73 Å². The quantitative estimate of drug-likeness (QED) is 0.804. The molecule has 0 fully saturated rings. The van der Waals surface area contributed by atoms with E-state index in [0.717, 1.165) is 22.7 Å². The predicted octanol–water partition coefficient (Wildman–Crippen LogP) is 3.44. The Morgan fingerprint density at radius 3 is 2.74 bits per heavy atom. The molecule has 2 aromatic heterocycles. The Bertz CT molecular complexity index is 859. The molecule has 3 aromatic rings. The third kappa shape index (κ3) is 2.33. The van der Waals surface area contributed by atoms with Gasteiger partial charge in [0.1, 0.15) is 5.37 Å². The van der Waals surface area contributed by atoms with E-state index in [0.29, 0.717) is 5.56 Å². The van der Waals surface area contributed by atoms with Gasteiger partial charge in [-0.05, 0) is 23.8 Å². The number of thioether (sulfide) groups is 1. The molecule has 0 radical (unpaired) electrons. The average Bonchev–Trinajstić information content (AvgIpc) is 3.16.